The van der Waals surface area contributed by atoms with E-state index in [0.29, 0.717) is 17.4 Å². The molecule has 94 valence electrons. The molecule has 0 radical (unpaired) electrons. The summed E-state index contributed by atoms with van der Waals surface area (Å²) in [4.78, 5) is 14.4. The molecule has 5 nitrogen and oxygen atoms in total. The van der Waals surface area contributed by atoms with Gasteiger partial charge in [0.15, 0.2) is 0 Å². The van der Waals surface area contributed by atoms with Gasteiger partial charge in [0.25, 0.3) is 5.91 Å². The zero-order valence-corrected chi connectivity index (χ0v) is 10.9. The monoisotopic (exact) mass is 275 g/mol. The van der Waals surface area contributed by atoms with Crippen molar-refractivity contribution in [1.29, 1.82) is 0 Å². The molecule has 0 saturated carbocycles. The highest BCUT2D eigenvalue weighted by atomic mass is 35.5. The van der Waals surface area contributed by atoms with Gasteiger partial charge in [0.05, 0.1) is 18.9 Å². The van der Waals surface area contributed by atoms with Crippen LogP contribution in [0.25, 0.3) is 0 Å². The Morgan fingerprint density at radius 2 is 2.35 bits per heavy atom. The standard InChI is InChI=1S/C10H14ClN3O2S/c11-3-6-16-8-1-4-14(5-2-8)10(15)9-7-12-13-17-9/h7-8H,1-6H2. The highest BCUT2D eigenvalue weighted by Gasteiger charge is 2.24. The number of likely N-dealkylation sites (tertiary alicyclic amines) is 1. The fraction of sp³-hybridized carbons (Fsp3) is 0.700. The summed E-state index contributed by atoms with van der Waals surface area (Å²) in [5.74, 6) is 0.543. The van der Waals surface area contributed by atoms with E-state index in [0.717, 1.165) is 37.5 Å². The Bertz CT molecular complexity index is 352. The first-order valence-corrected chi connectivity index (χ1v) is 6.86. The van der Waals surface area contributed by atoms with Crippen LogP contribution in [0, 0.1) is 0 Å². The van der Waals surface area contributed by atoms with Gasteiger partial charge < -0.3 is 9.64 Å². The smallest absolute Gasteiger partial charge is 0.267 e. The summed E-state index contributed by atoms with van der Waals surface area (Å²) in [6, 6.07) is 0. The van der Waals surface area contributed by atoms with Gasteiger partial charge in [-0.05, 0) is 24.4 Å². The first-order chi connectivity index (χ1) is 8.31. The maximum absolute atomic E-state index is 12.0. The lowest BCUT2D eigenvalue weighted by Gasteiger charge is -2.31. The maximum Gasteiger partial charge on any atom is 0.267 e. The minimum atomic E-state index is 0.0239. The van der Waals surface area contributed by atoms with Crippen molar-refractivity contribution in [2.45, 2.75) is 18.9 Å². The number of hydrogen-bond acceptors (Lipinski definition) is 5. The second kappa shape index (κ2) is 6.28. The molecule has 2 heterocycles. The van der Waals surface area contributed by atoms with E-state index in [9.17, 15) is 4.79 Å². The number of carbonyl (C=O) groups is 1. The number of halogens is 1. The molecule has 1 fully saturated rings. The predicted molar refractivity (Wildman–Crippen MR) is 65.5 cm³/mol. The van der Waals surface area contributed by atoms with E-state index in [1.165, 1.54) is 6.20 Å². The van der Waals surface area contributed by atoms with Crippen LogP contribution in [-0.4, -0.2) is 52.1 Å². The van der Waals surface area contributed by atoms with Gasteiger partial charge in [-0.3, -0.25) is 4.79 Å². The second-order valence-electron chi connectivity index (χ2n) is 3.83. The van der Waals surface area contributed by atoms with Gasteiger partial charge in [-0.1, -0.05) is 4.49 Å². The van der Waals surface area contributed by atoms with Crippen LogP contribution in [0.3, 0.4) is 0 Å². The summed E-state index contributed by atoms with van der Waals surface area (Å²) >= 11 is 6.70. The number of rotatable bonds is 4. The van der Waals surface area contributed by atoms with Crippen LogP contribution >= 0.6 is 23.1 Å². The van der Waals surface area contributed by atoms with Crippen molar-refractivity contribution in [3.8, 4) is 0 Å². The lowest BCUT2D eigenvalue weighted by molar-refractivity contribution is 0.0155. The third kappa shape index (κ3) is 3.37. The van der Waals surface area contributed by atoms with Gasteiger partial charge in [0, 0.05) is 19.0 Å². The number of piperidine rings is 1. The predicted octanol–water partition coefficient (Wildman–Crippen LogP) is 1.40. The molecule has 1 aromatic rings. The third-order valence-corrected chi connectivity index (χ3v) is 3.54. The van der Waals surface area contributed by atoms with Crippen molar-refractivity contribution in [2.24, 2.45) is 0 Å². The van der Waals surface area contributed by atoms with Crippen LogP contribution < -0.4 is 0 Å². The SMILES string of the molecule is O=C(c1cnns1)N1CCC(OCCCl)CC1. The normalized spacial score (nSPS) is 17.4. The molecule has 1 aromatic heterocycles. The van der Waals surface area contributed by atoms with E-state index in [1.54, 1.807) is 0 Å². The van der Waals surface area contributed by atoms with Crippen LogP contribution in [0.2, 0.25) is 0 Å². The topological polar surface area (TPSA) is 55.3 Å². The molecule has 0 bridgehead atoms. The largest absolute Gasteiger partial charge is 0.377 e. The number of aromatic nitrogens is 2. The average Bonchev–Trinajstić information content (AvgIpc) is 2.90. The average molecular weight is 276 g/mol. The van der Waals surface area contributed by atoms with Crippen LogP contribution in [0.15, 0.2) is 6.20 Å². The summed E-state index contributed by atoms with van der Waals surface area (Å²) in [5, 5.41) is 3.68. The van der Waals surface area contributed by atoms with Gasteiger partial charge in [0.1, 0.15) is 4.88 Å². The first kappa shape index (κ1) is 12.7. The fourth-order valence-electron chi connectivity index (χ4n) is 1.85. The molecule has 1 saturated heterocycles. The molecule has 2 rings (SSSR count). The minimum Gasteiger partial charge on any atom is -0.377 e. The number of alkyl halides is 1. The van der Waals surface area contributed by atoms with Gasteiger partial charge >= 0.3 is 0 Å². The van der Waals surface area contributed by atoms with Crippen LogP contribution in [0.5, 0.6) is 0 Å². The maximum atomic E-state index is 12.0. The Balaban J connectivity index is 1.81. The molecule has 7 heteroatoms. The number of hydrogen-bond donors (Lipinski definition) is 0. The quantitative estimate of drug-likeness (QED) is 0.780. The zero-order valence-electron chi connectivity index (χ0n) is 9.34. The Labute approximate surface area is 109 Å². The highest BCUT2D eigenvalue weighted by molar-refractivity contribution is 7.07. The molecule has 0 spiro atoms. The van der Waals surface area contributed by atoms with Crippen LogP contribution in [-0.2, 0) is 4.74 Å². The molecule has 0 atom stereocenters. The van der Waals surface area contributed by atoms with E-state index >= 15 is 0 Å². The van der Waals surface area contributed by atoms with E-state index in [4.69, 9.17) is 16.3 Å². The summed E-state index contributed by atoms with van der Waals surface area (Å²) in [7, 11) is 0. The van der Waals surface area contributed by atoms with Gasteiger partial charge in [0.2, 0.25) is 0 Å². The van der Waals surface area contributed by atoms with Crippen molar-refractivity contribution in [1.82, 2.24) is 14.5 Å². The van der Waals surface area contributed by atoms with Crippen molar-refractivity contribution in [3.63, 3.8) is 0 Å². The van der Waals surface area contributed by atoms with Crippen molar-refractivity contribution in [2.75, 3.05) is 25.6 Å². The van der Waals surface area contributed by atoms with Crippen LogP contribution in [0.1, 0.15) is 22.5 Å². The second-order valence-corrected chi connectivity index (χ2v) is 5.00. The molecule has 1 aliphatic heterocycles. The zero-order chi connectivity index (χ0) is 12.1. The number of ether oxygens (including phenoxy) is 1. The first-order valence-electron chi connectivity index (χ1n) is 5.55. The highest BCUT2D eigenvalue weighted by Crippen LogP contribution is 2.17. The molecule has 1 aliphatic rings. The number of amides is 1. The Hall–Kier alpha value is -0.720. The van der Waals surface area contributed by atoms with Crippen LogP contribution in [0.4, 0.5) is 0 Å². The molecular weight excluding hydrogens is 262 g/mol. The molecule has 0 aromatic carbocycles. The van der Waals surface area contributed by atoms with Crippen molar-refractivity contribution >= 4 is 29.0 Å². The Kier molecular flexibility index (Phi) is 4.70. The summed E-state index contributed by atoms with van der Waals surface area (Å²) < 4.78 is 9.26. The molecule has 0 N–H and O–H groups in total. The van der Waals surface area contributed by atoms with Gasteiger partial charge in [-0.15, -0.1) is 16.7 Å². The molecule has 0 aliphatic carbocycles. The van der Waals surface area contributed by atoms with E-state index in [-0.39, 0.29) is 12.0 Å². The lowest BCUT2D eigenvalue weighted by Crippen LogP contribution is -2.40. The summed E-state index contributed by atoms with van der Waals surface area (Å²) in [6.07, 6.45) is 3.49. The number of nitrogens with zero attached hydrogens (tertiary/aromatic N) is 3. The lowest BCUT2D eigenvalue weighted by atomic mass is 10.1. The molecule has 17 heavy (non-hydrogen) atoms. The summed E-state index contributed by atoms with van der Waals surface area (Å²) in [5.41, 5.74) is 0. The Morgan fingerprint density at radius 1 is 1.59 bits per heavy atom. The molecular formula is C10H14ClN3O2S. The van der Waals surface area contributed by atoms with Gasteiger partial charge in [-0.25, -0.2) is 0 Å². The van der Waals surface area contributed by atoms with Crippen molar-refractivity contribution in [3.05, 3.63) is 11.1 Å². The third-order valence-electron chi connectivity index (χ3n) is 2.73. The summed E-state index contributed by atoms with van der Waals surface area (Å²) in [6.45, 7) is 2.03. The minimum absolute atomic E-state index is 0.0239. The van der Waals surface area contributed by atoms with E-state index in [1.807, 2.05) is 4.90 Å². The van der Waals surface area contributed by atoms with E-state index < -0.39 is 0 Å². The Morgan fingerprint density at radius 3 is 2.94 bits per heavy atom. The molecule has 0 unspecified atom stereocenters. The van der Waals surface area contributed by atoms with E-state index in [2.05, 4.69) is 9.59 Å². The fourth-order valence-corrected chi connectivity index (χ4v) is 2.43. The van der Waals surface area contributed by atoms with Crippen molar-refractivity contribution < 1.29 is 9.53 Å². The molecule has 1 amide bonds. The van der Waals surface area contributed by atoms with Gasteiger partial charge in [-0.2, -0.15) is 0 Å². The number of carbonyl (C=O) groups excluding carboxylic acids is 1.